The fourth-order valence-corrected chi connectivity index (χ4v) is 1.64. The molecule has 0 amide bonds. The van der Waals surface area contributed by atoms with Gasteiger partial charge in [0.25, 0.3) is 0 Å². The van der Waals surface area contributed by atoms with Crippen LogP contribution in [-0.2, 0) is 4.79 Å². The molecule has 88 valence electrons. The molecule has 0 aliphatic rings. The highest BCUT2D eigenvalue weighted by molar-refractivity contribution is 5.63. The van der Waals surface area contributed by atoms with Crippen molar-refractivity contribution in [2.45, 2.75) is 39.0 Å². The Hall–Kier alpha value is -0.830. The minimum absolute atomic E-state index is 0.00357. The molecule has 1 atom stereocenters. The van der Waals surface area contributed by atoms with Crippen molar-refractivity contribution in [3.63, 3.8) is 0 Å². The predicted octanol–water partition coefficient (Wildman–Crippen LogP) is 2.43. The normalized spacial score (nSPS) is 14.5. The molecule has 0 saturated carbocycles. The molecule has 0 saturated heterocycles. The van der Waals surface area contributed by atoms with Crippen molar-refractivity contribution in [3.8, 4) is 0 Å². The molecule has 2 N–H and O–H groups in total. The van der Waals surface area contributed by atoms with Crippen molar-refractivity contribution >= 4 is 6.29 Å². The van der Waals surface area contributed by atoms with Crippen LogP contribution in [0.5, 0.6) is 0 Å². The van der Waals surface area contributed by atoms with Gasteiger partial charge in [-0.25, -0.2) is 0 Å². The van der Waals surface area contributed by atoms with Gasteiger partial charge >= 0.3 is 0 Å². The van der Waals surface area contributed by atoms with Gasteiger partial charge in [-0.2, -0.15) is 0 Å². The molecule has 0 rings (SSSR count). The van der Waals surface area contributed by atoms with Crippen molar-refractivity contribution < 1.29 is 9.90 Å². The standard InChI is InChI=1S/C12H23NO2/c1-4-5-6-7-12(10-14,11(2)15)8-9-13-3/h10,13,15H,2,4-9H2,1,3H3. The molecule has 3 heteroatoms. The van der Waals surface area contributed by atoms with E-state index in [2.05, 4.69) is 18.8 Å². The van der Waals surface area contributed by atoms with Crippen LogP contribution in [0, 0.1) is 5.41 Å². The van der Waals surface area contributed by atoms with E-state index < -0.39 is 5.41 Å². The van der Waals surface area contributed by atoms with Gasteiger partial charge < -0.3 is 15.2 Å². The highest BCUT2D eigenvalue weighted by atomic mass is 16.3. The highest BCUT2D eigenvalue weighted by Crippen LogP contribution is 2.32. The third kappa shape index (κ3) is 4.47. The number of carbonyl (C=O) groups is 1. The second-order valence-electron chi connectivity index (χ2n) is 4.03. The van der Waals surface area contributed by atoms with Crippen molar-refractivity contribution in [2.75, 3.05) is 13.6 Å². The van der Waals surface area contributed by atoms with Crippen molar-refractivity contribution in [2.24, 2.45) is 5.41 Å². The van der Waals surface area contributed by atoms with Gasteiger partial charge in [0, 0.05) is 0 Å². The molecule has 0 aromatic carbocycles. The summed E-state index contributed by atoms with van der Waals surface area (Å²) in [6, 6.07) is 0. The first kappa shape index (κ1) is 14.2. The minimum atomic E-state index is -0.738. The van der Waals surface area contributed by atoms with Gasteiger partial charge in [-0.3, -0.25) is 0 Å². The topological polar surface area (TPSA) is 49.3 Å². The summed E-state index contributed by atoms with van der Waals surface area (Å²) in [6.07, 6.45) is 5.32. The van der Waals surface area contributed by atoms with Crippen LogP contribution in [0.15, 0.2) is 12.3 Å². The zero-order valence-electron chi connectivity index (χ0n) is 9.88. The van der Waals surface area contributed by atoms with Crippen molar-refractivity contribution in [3.05, 3.63) is 12.3 Å². The van der Waals surface area contributed by atoms with Crippen LogP contribution in [0.2, 0.25) is 0 Å². The zero-order chi connectivity index (χ0) is 11.7. The molecule has 0 aliphatic heterocycles. The van der Waals surface area contributed by atoms with Gasteiger partial charge in [0.05, 0.1) is 11.2 Å². The third-order valence-electron chi connectivity index (χ3n) is 2.85. The Balaban J connectivity index is 4.36. The van der Waals surface area contributed by atoms with E-state index in [-0.39, 0.29) is 5.76 Å². The number of nitrogens with one attached hydrogen (secondary N) is 1. The molecule has 0 aromatic rings. The third-order valence-corrected chi connectivity index (χ3v) is 2.85. The number of rotatable bonds is 9. The molecule has 15 heavy (non-hydrogen) atoms. The van der Waals surface area contributed by atoms with Gasteiger partial charge in [0.15, 0.2) is 0 Å². The molecule has 0 heterocycles. The molecule has 0 fully saturated rings. The van der Waals surface area contributed by atoms with Crippen molar-refractivity contribution in [1.82, 2.24) is 5.32 Å². The average Bonchev–Trinajstić information content (AvgIpc) is 2.23. The number of hydrogen-bond acceptors (Lipinski definition) is 3. The quantitative estimate of drug-likeness (QED) is 0.351. The first-order valence-corrected chi connectivity index (χ1v) is 5.62. The van der Waals surface area contributed by atoms with Crippen LogP contribution in [-0.4, -0.2) is 25.0 Å². The lowest BCUT2D eigenvalue weighted by Gasteiger charge is -2.26. The summed E-state index contributed by atoms with van der Waals surface area (Å²) < 4.78 is 0. The summed E-state index contributed by atoms with van der Waals surface area (Å²) in [5.74, 6) is 0.00357. The highest BCUT2D eigenvalue weighted by Gasteiger charge is 2.32. The number of aliphatic hydroxyl groups excluding tert-OH is 1. The zero-order valence-corrected chi connectivity index (χ0v) is 9.88. The van der Waals surface area contributed by atoms with E-state index in [1.165, 1.54) is 0 Å². The Morgan fingerprint density at radius 1 is 1.47 bits per heavy atom. The number of carbonyl (C=O) groups excluding carboxylic acids is 1. The van der Waals surface area contributed by atoms with E-state index in [1.807, 2.05) is 7.05 Å². The van der Waals surface area contributed by atoms with Gasteiger partial charge in [0.2, 0.25) is 0 Å². The van der Waals surface area contributed by atoms with E-state index in [1.54, 1.807) is 0 Å². The maximum absolute atomic E-state index is 11.1. The molecule has 0 aromatic heterocycles. The Kier molecular flexibility index (Phi) is 7.05. The predicted molar refractivity (Wildman–Crippen MR) is 63.0 cm³/mol. The van der Waals surface area contributed by atoms with E-state index in [4.69, 9.17) is 0 Å². The Bertz CT molecular complexity index is 204. The summed E-state index contributed by atoms with van der Waals surface area (Å²) >= 11 is 0. The van der Waals surface area contributed by atoms with E-state index in [0.717, 1.165) is 25.5 Å². The molecule has 3 nitrogen and oxygen atoms in total. The maximum Gasteiger partial charge on any atom is 0.133 e. The van der Waals surface area contributed by atoms with E-state index >= 15 is 0 Å². The van der Waals surface area contributed by atoms with Gasteiger partial charge in [-0.1, -0.05) is 32.8 Å². The lowest BCUT2D eigenvalue weighted by molar-refractivity contribution is -0.116. The van der Waals surface area contributed by atoms with Crippen LogP contribution in [0.1, 0.15) is 39.0 Å². The van der Waals surface area contributed by atoms with Crippen LogP contribution >= 0.6 is 0 Å². The van der Waals surface area contributed by atoms with Crippen LogP contribution < -0.4 is 5.32 Å². The lowest BCUT2D eigenvalue weighted by Crippen LogP contribution is -2.29. The SMILES string of the molecule is C=C(O)C(C=O)(CCCCC)CCNC. The number of hydrogen-bond donors (Lipinski definition) is 2. The average molecular weight is 213 g/mol. The van der Waals surface area contributed by atoms with Crippen LogP contribution in [0.3, 0.4) is 0 Å². The first-order valence-electron chi connectivity index (χ1n) is 5.62. The molecule has 0 spiro atoms. The Labute approximate surface area is 92.6 Å². The molecule has 0 aliphatic carbocycles. The first-order chi connectivity index (χ1) is 7.13. The summed E-state index contributed by atoms with van der Waals surface area (Å²) in [5.41, 5.74) is -0.738. The largest absolute Gasteiger partial charge is 0.512 e. The summed E-state index contributed by atoms with van der Waals surface area (Å²) in [5, 5.41) is 12.5. The second-order valence-corrected chi connectivity index (χ2v) is 4.03. The second kappa shape index (κ2) is 7.46. The smallest absolute Gasteiger partial charge is 0.133 e. The van der Waals surface area contributed by atoms with E-state index in [0.29, 0.717) is 19.4 Å². The fourth-order valence-electron chi connectivity index (χ4n) is 1.64. The molecular weight excluding hydrogens is 190 g/mol. The number of unbranched alkanes of at least 4 members (excludes halogenated alkanes) is 2. The fraction of sp³-hybridized carbons (Fsp3) is 0.750. The lowest BCUT2D eigenvalue weighted by atomic mass is 9.79. The molecular formula is C12H23NO2. The minimum Gasteiger partial charge on any atom is -0.512 e. The van der Waals surface area contributed by atoms with Crippen LogP contribution in [0.25, 0.3) is 0 Å². The summed E-state index contributed by atoms with van der Waals surface area (Å²) in [4.78, 5) is 11.1. The van der Waals surface area contributed by atoms with Gasteiger partial charge in [0.1, 0.15) is 6.29 Å². The monoisotopic (exact) mass is 213 g/mol. The van der Waals surface area contributed by atoms with Gasteiger partial charge in [-0.15, -0.1) is 0 Å². The molecule has 0 radical (unpaired) electrons. The summed E-state index contributed by atoms with van der Waals surface area (Å²) in [6.45, 7) is 6.35. The Morgan fingerprint density at radius 3 is 2.53 bits per heavy atom. The number of aldehydes is 1. The van der Waals surface area contributed by atoms with Gasteiger partial charge in [-0.05, 0) is 26.4 Å². The Morgan fingerprint density at radius 2 is 2.13 bits per heavy atom. The maximum atomic E-state index is 11.1. The van der Waals surface area contributed by atoms with E-state index in [9.17, 15) is 9.90 Å². The number of allylic oxidation sites excluding steroid dienone is 1. The van der Waals surface area contributed by atoms with Crippen LogP contribution in [0.4, 0.5) is 0 Å². The molecule has 0 bridgehead atoms. The number of aliphatic hydroxyl groups is 1. The molecule has 1 unspecified atom stereocenters. The summed E-state index contributed by atoms with van der Waals surface area (Å²) in [7, 11) is 1.84. The van der Waals surface area contributed by atoms with Crippen molar-refractivity contribution in [1.29, 1.82) is 0 Å².